The molecule has 254 valence electrons. The molecule has 47 heavy (non-hydrogen) atoms. The van der Waals surface area contributed by atoms with Crippen molar-refractivity contribution in [3.63, 3.8) is 0 Å². The molecule has 13 heteroatoms. The molecule has 3 aliphatic rings. The first-order valence-corrected chi connectivity index (χ1v) is 17.1. The minimum Gasteiger partial charge on any atom is -0.487 e. The molecule has 3 aromatic rings. The third-order valence-corrected chi connectivity index (χ3v) is 9.89. The fraction of sp³-hybridized carbons (Fsp3) is 0.588. The SMILES string of the molecule is COC(C)CCOc1nn(C2CCC(N3C4CC[C@H]3COC4)CC2)cc1Nc1ncc(-c2ccc(Cl)c(O[C@@H](C)CN=CN)c2)cn1. The summed E-state index contributed by atoms with van der Waals surface area (Å²) in [4.78, 5) is 16.0. The van der Waals surface area contributed by atoms with Gasteiger partial charge in [-0.05, 0) is 70.1 Å². The van der Waals surface area contributed by atoms with Crippen LogP contribution >= 0.6 is 11.6 Å². The fourth-order valence-corrected chi connectivity index (χ4v) is 7.13. The second-order valence-corrected chi connectivity index (χ2v) is 13.3. The summed E-state index contributed by atoms with van der Waals surface area (Å²) in [5.41, 5.74) is 7.82. The van der Waals surface area contributed by atoms with Crippen molar-refractivity contribution in [1.29, 1.82) is 0 Å². The maximum atomic E-state index is 6.41. The van der Waals surface area contributed by atoms with E-state index in [-0.39, 0.29) is 12.2 Å². The van der Waals surface area contributed by atoms with Gasteiger partial charge in [0.25, 0.3) is 5.88 Å². The second-order valence-electron chi connectivity index (χ2n) is 12.9. The molecule has 0 spiro atoms. The first-order chi connectivity index (χ1) is 22.9. The Bertz CT molecular complexity index is 1460. The van der Waals surface area contributed by atoms with Gasteiger partial charge in [0.15, 0.2) is 0 Å². The van der Waals surface area contributed by atoms with E-state index in [1.807, 2.05) is 32.2 Å². The van der Waals surface area contributed by atoms with Crippen molar-refractivity contribution in [2.45, 2.75) is 95.2 Å². The Kier molecular flexibility index (Phi) is 11.1. The normalized spacial score (nSPS) is 24.3. The highest BCUT2D eigenvalue weighted by atomic mass is 35.5. The molecule has 12 nitrogen and oxygen atoms in total. The number of nitrogens with one attached hydrogen (secondary N) is 1. The molecule has 2 aliphatic heterocycles. The number of hydrogen-bond acceptors (Lipinski definition) is 10. The number of morpholine rings is 1. The van der Waals surface area contributed by atoms with Crippen molar-refractivity contribution >= 4 is 29.6 Å². The largest absolute Gasteiger partial charge is 0.487 e. The Morgan fingerprint density at radius 1 is 1.02 bits per heavy atom. The summed E-state index contributed by atoms with van der Waals surface area (Å²) in [6, 6.07) is 7.74. The van der Waals surface area contributed by atoms with Gasteiger partial charge in [-0.15, -0.1) is 5.10 Å². The predicted molar refractivity (Wildman–Crippen MR) is 183 cm³/mol. The van der Waals surface area contributed by atoms with Crippen LogP contribution < -0.4 is 20.5 Å². The molecule has 2 bridgehead atoms. The molecule has 1 saturated carbocycles. The monoisotopic (exact) mass is 666 g/mol. The van der Waals surface area contributed by atoms with Crippen molar-refractivity contribution in [3.05, 3.63) is 41.8 Å². The predicted octanol–water partition coefficient (Wildman–Crippen LogP) is 5.64. The van der Waals surface area contributed by atoms with E-state index in [0.717, 1.165) is 49.3 Å². The van der Waals surface area contributed by atoms with Gasteiger partial charge < -0.3 is 30.0 Å². The molecular weight excluding hydrogens is 620 g/mol. The third kappa shape index (κ3) is 8.17. The summed E-state index contributed by atoms with van der Waals surface area (Å²) in [5.74, 6) is 1.56. The van der Waals surface area contributed by atoms with E-state index in [1.54, 1.807) is 25.6 Å². The number of anilines is 2. The Hall–Kier alpha value is -3.45. The molecule has 6 rings (SSSR count). The van der Waals surface area contributed by atoms with Gasteiger partial charge in [-0.2, -0.15) is 0 Å². The van der Waals surface area contributed by atoms with Crippen LogP contribution in [0.1, 0.15) is 64.8 Å². The number of rotatable bonds is 14. The number of benzene rings is 1. The first kappa shape index (κ1) is 33.5. The maximum Gasteiger partial charge on any atom is 0.256 e. The Morgan fingerprint density at radius 3 is 2.43 bits per heavy atom. The molecule has 4 atom stereocenters. The van der Waals surface area contributed by atoms with Crippen LogP contribution in [0.2, 0.25) is 5.02 Å². The zero-order valence-electron chi connectivity index (χ0n) is 27.6. The fourth-order valence-electron chi connectivity index (χ4n) is 6.97. The van der Waals surface area contributed by atoms with Gasteiger partial charge in [-0.1, -0.05) is 17.7 Å². The molecule has 0 amide bonds. The Balaban J connectivity index is 1.13. The zero-order chi connectivity index (χ0) is 32.8. The highest BCUT2D eigenvalue weighted by molar-refractivity contribution is 6.32. The number of nitrogens with zero attached hydrogens (tertiary/aromatic N) is 6. The van der Waals surface area contributed by atoms with E-state index in [2.05, 4.69) is 29.9 Å². The Morgan fingerprint density at radius 2 is 1.72 bits per heavy atom. The quantitative estimate of drug-likeness (QED) is 0.164. The van der Waals surface area contributed by atoms with E-state index < -0.39 is 0 Å². The smallest absolute Gasteiger partial charge is 0.256 e. The van der Waals surface area contributed by atoms with Gasteiger partial charge in [-0.25, -0.2) is 9.97 Å². The van der Waals surface area contributed by atoms with E-state index in [9.17, 15) is 0 Å². The number of halogens is 1. The van der Waals surface area contributed by atoms with Gasteiger partial charge in [-0.3, -0.25) is 14.6 Å². The topological polar surface area (TPSA) is 134 Å². The highest BCUT2D eigenvalue weighted by Gasteiger charge is 2.42. The summed E-state index contributed by atoms with van der Waals surface area (Å²) in [7, 11) is 1.71. The zero-order valence-corrected chi connectivity index (χ0v) is 28.3. The highest BCUT2D eigenvalue weighted by Crippen LogP contribution is 2.39. The van der Waals surface area contributed by atoms with E-state index in [0.29, 0.717) is 59.9 Å². The number of aromatic nitrogens is 4. The third-order valence-electron chi connectivity index (χ3n) is 9.58. The summed E-state index contributed by atoms with van der Waals surface area (Å²) in [6.45, 7) is 6.64. The number of methoxy groups -OCH3 is 1. The molecule has 1 aliphatic carbocycles. The lowest BCUT2D eigenvalue weighted by atomic mass is 9.89. The van der Waals surface area contributed by atoms with Gasteiger partial charge >= 0.3 is 0 Å². The van der Waals surface area contributed by atoms with Gasteiger partial charge in [0.05, 0.1) is 56.1 Å². The minimum absolute atomic E-state index is 0.0940. The van der Waals surface area contributed by atoms with Gasteiger partial charge in [0.2, 0.25) is 5.95 Å². The van der Waals surface area contributed by atoms with E-state index in [1.165, 1.54) is 32.0 Å². The molecule has 3 N–H and O–H groups in total. The van der Waals surface area contributed by atoms with Crippen molar-refractivity contribution in [1.82, 2.24) is 24.6 Å². The molecule has 4 heterocycles. The molecule has 2 aromatic heterocycles. The number of nitrogens with two attached hydrogens (primary N) is 1. The lowest BCUT2D eigenvalue weighted by Crippen LogP contribution is -2.52. The average molecular weight is 667 g/mol. The van der Waals surface area contributed by atoms with Crippen molar-refractivity contribution in [2.24, 2.45) is 10.7 Å². The first-order valence-electron chi connectivity index (χ1n) is 16.8. The van der Waals surface area contributed by atoms with Crippen molar-refractivity contribution < 1.29 is 18.9 Å². The maximum absolute atomic E-state index is 6.41. The summed E-state index contributed by atoms with van der Waals surface area (Å²) < 4.78 is 25.5. The summed E-state index contributed by atoms with van der Waals surface area (Å²) >= 11 is 6.41. The molecular formula is C34H47ClN8O4. The van der Waals surface area contributed by atoms with Crippen LogP contribution in [0.3, 0.4) is 0 Å². The Labute approximate surface area is 282 Å². The average Bonchev–Trinajstić information content (AvgIpc) is 3.60. The van der Waals surface area contributed by atoms with Crippen LogP contribution in [0.25, 0.3) is 11.1 Å². The number of hydrogen-bond donors (Lipinski definition) is 2. The molecule has 3 fully saturated rings. The van der Waals surface area contributed by atoms with Crippen LogP contribution in [0.4, 0.5) is 11.6 Å². The second kappa shape index (κ2) is 15.6. The van der Waals surface area contributed by atoms with Gasteiger partial charge in [0, 0.05) is 49.6 Å². The van der Waals surface area contributed by atoms with Crippen molar-refractivity contribution in [3.8, 4) is 22.8 Å². The minimum atomic E-state index is -0.185. The number of ether oxygens (including phenoxy) is 4. The summed E-state index contributed by atoms with van der Waals surface area (Å²) in [6.07, 6.45) is 14.6. The van der Waals surface area contributed by atoms with Crippen LogP contribution in [0.15, 0.2) is 41.8 Å². The molecule has 0 radical (unpaired) electrons. The summed E-state index contributed by atoms with van der Waals surface area (Å²) in [5, 5.41) is 8.79. The lowest BCUT2D eigenvalue weighted by molar-refractivity contribution is -0.0458. The standard InChI is InChI=1S/C34H47ClN8O4/c1-22(44-3)12-13-46-33-31(18-42(41-33)26-5-7-27(8-6-26)43-28-9-10-29(43)20-45-19-28)40-34-38-16-25(17-39-34)24-4-11-30(35)32(14-24)47-23(2)15-37-21-36/h4,11,14,16-18,21-23,26-29H,5-10,12-13,15,19-20H2,1-3H3,(H2,36,37)(H,38,39,40)/t22?,23-,26?,27?,28-,29?/m0/s1. The number of fused-ring (bicyclic) bond motifs is 2. The van der Waals surface area contributed by atoms with Crippen LogP contribution in [0, 0.1) is 0 Å². The molecule has 1 aromatic carbocycles. The van der Waals surface area contributed by atoms with Crippen LogP contribution in [-0.4, -0.2) is 94.8 Å². The van der Waals surface area contributed by atoms with Crippen LogP contribution in [0.5, 0.6) is 11.6 Å². The van der Waals surface area contributed by atoms with E-state index in [4.69, 9.17) is 41.4 Å². The van der Waals surface area contributed by atoms with Gasteiger partial charge in [0.1, 0.15) is 17.5 Å². The molecule has 2 saturated heterocycles. The van der Waals surface area contributed by atoms with Crippen LogP contribution in [-0.2, 0) is 9.47 Å². The molecule has 2 unspecified atom stereocenters. The van der Waals surface area contributed by atoms with E-state index >= 15 is 0 Å². The van der Waals surface area contributed by atoms with Crippen molar-refractivity contribution in [2.75, 3.05) is 38.8 Å². The number of aliphatic imine (C=N–C) groups is 1. The lowest BCUT2D eigenvalue weighted by Gasteiger charge is -2.43.